The first-order valence-corrected chi connectivity index (χ1v) is 9.52. The molecule has 1 spiro atoms. The Labute approximate surface area is 159 Å². The molecule has 2 aromatic carbocycles. The number of piperidine rings is 1. The fourth-order valence-electron chi connectivity index (χ4n) is 4.25. The van der Waals surface area contributed by atoms with Crippen LogP contribution in [0.1, 0.15) is 36.4 Å². The number of nitrogens with one attached hydrogen (secondary N) is 2. The summed E-state index contributed by atoms with van der Waals surface area (Å²) in [5.74, 6) is 0.663. The van der Waals surface area contributed by atoms with E-state index >= 15 is 0 Å². The van der Waals surface area contributed by atoms with Gasteiger partial charge < -0.3 is 15.4 Å². The second-order valence-corrected chi connectivity index (χ2v) is 7.64. The van der Waals surface area contributed by atoms with Crippen molar-refractivity contribution in [2.45, 2.75) is 25.3 Å². The summed E-state index contributed by atoms with van der Waals surface area (Å²) in [5, 5.41) is 6.59. The van der Waals surface area contributed by atoms with Crippen LogP contribution in [0, 0.1) is 17.2 Å². The van der Waals surface area contributed by atoms with Crippen LogP contribution in [-0.4, -0.2) is 26.1 Å². The summed E-state index contributed by atoms with van der Waals surface area (Å²) in [7, 11) is 1.62. The predicted molar refractivity (Wildman–Crippen MR) is 102 cm³/mol. The van der Waals surface area contributed by atoms with Gasteiger partial charge in [0.25, 0.3) is 0 Å². The van der Waals surface area contributed by atoms with Crippen LogP contribution in [-0.2, 0) is 4.79 Å². The minimum atomic E-state index is -0.302. The van der Waals surface area contributed by atoms with E-state index in [-0.39, 0.29) is 29.1 Å². The molecular weight excluding hydrogens is 343 g/mol. The van der Waals surface area contributed by atoms with Crippen molar-refractivity contribution >= 4 is 5.91 Å². The zero-order chi connectivity index (χ0) is 18.9. The highest BCUT2D eigenvalue weighted by atomic mass is 19.1. The Kier molecular flexibility index (Phi) is 4.87. The number of ether oxygens (including phenoxy) is 1. The summed E-state index contributed by atoms with van der Waals surface area (Å²) >= 11 is 0. The van der Waals surface area contributed by atoms with Gasteiger partial charge in [0, 0.05) is 5.92 Å². The Hall–Kier alpha value is -2.40. The smallest absolute Gasteiger partial charge is 0.224 e. The molecule has 1 heterocycles. The van der Waals surface area contributed by atoms with E-state index < -0.39 is 0 Å². The molecule has 1 amide bonds. The summed E-state index contributed by atoms with van der Waals surface area (Å²) in [4.78, 5) is 13.0. The van der Waals surface area contributed by atoms with Gasteiger partial charge in [0.15, 0.2) is 0 Å². The Morgan fingerprint density at radius 3 is 2.30 bits per heavy atom. The topological polar surface area (TPSA) is 50.4 Å². The number of rotatable bonds is 5. The first-order chi connectivity index (χ1) is 13.1. The standard InChI is InChI=1S/C22H25FN2O2/c1-27-18-8-4-16(5-9-18)20(15-2-6-17(23)7-3-15)25-21(26)19-14-22(19)10-12-24-13-11-22/h2-9,19-20,24H,10-14H2,1H3,(H,25,26). The van der Waals surface area contributed by atoms with Crippen molar-refractivity contribution in [2.24, 2.45) is 11.3 Å². The maximum absolute atomic E-state index is 13.4. The van der Waals surface area contributed by atoms with Crippen molar-refractivity contribution in [3.05, 3.63) is 65.5 Å². The number of hydrogen-bond acceptors (Lipinski definition) is 3. The van der Waals surface area contributed by atoms with Crippen LogP contribution in [0.15, 0.2) is 48.5 Å². The Morgan fingerprint density at radius 1 is 1.11 bits per heavy atom. The monoisotopic (exact) mass is 368 g/mol. The number of methoxy groups -OCH3 is 1. The van der Waals surface area contributed by atoms with Crippen LogP contribution < -0.4 is 15.4 Å². The maximum atomic E-state index is 13.4. The highest BCUT2D eigenvalue weighted by Gasteiger charge is 2.57. The molecule has 0 aromatic heterocycles. The van der Waals surface area contributed by atoms with Gasteiger partial charge in [-0.25, -0.2) is 4.39 Å². The van der Waals surface area contributed by atoms with Crippen LogP contribution in [0.3, 0.4) is 0 Å². The molecule has 2 fully saturated rings. The van der Waals surface area contributed by atoms with E-state index in [2.05, 4.69) is 10.6 Å². The van der Waals surface area contributed by atoms with Gasteiger partial charge in [0.2, 0.25) is 5.91 Å². The molecule has 4 nitrogen and oxygen atoms in total. The van der Waals surface area contributed by atoms with Gasteiger partial charge in [-0.2, -0.15) is 0 Å². The number of hydrogen-bond donors (Lipinski definition) is 2. The first kappa shape index (κ1) is 18.0. The molecule has 1 aliphatic carbocycles. The number of amides is 1. The van der Waals surface area contributed by atoms with Gasteiger partial charge in [-0.1, -0.05) is 24.3 Å². The molecule has 2 atom stereocenters. The molecule has 1 aliphatic heterocycles. The lowest BCUT2D eigenvalue weighted by Crippen LogP contribution is -2.35. The molecule has 142 valence electrons. The summed E-state index contributed by atoms with van der Waals surface area (Å²) in [6.07, 6.45) is 3.10. The summed E-state index contributed by atoms with van der Waals surface area (Å²) in [6, 6.07) is 13.7. The molecule has 2 N–H and O–H groups in total. The lowest BCUT2D eigenvalue weighted by molar-refractivity contribution is -0.123. The molecule has 1 saturated heterocycles. The van der Waals surface area contributed by atoms with Crippen molar-refractivity contribution in [3.63, 3.8) is 0 Å². The average Bonchev–Trinajstić information content (AvgIpc) is 3.40. The molecule has 0 bridgehead atoms. The zero-order valence-electron chi connectivity index (χ0n) is 15.5. The highest BCUT2D eigenvalue weighted by Crippen LogP contribution is 2.58. The van der Waals surface area contributed by atoms with Crippen LogP contribution >= 0.6 is 0 Å². The third-order valence-corrected chi connectivity index (χ3v) is 6.04. The lowest BCUT2D eigenvalue weighted by Gasteiger charge is -2.25. The Bertz CT molecular complexity index is 798. The number of halogens is 1. The molecule has 2 aliphatic rings. The van der Waals surface area contributed by atoms with E-state index in [9.17, 15) is 9.18 Å². The molecule has 1 saturated carbocycles. The SMILES string of the molecule is COc1ccc(C(NC(=O)C2CC23CCNCC3)c2ccc(F)cc2)cc1. The molecular formula is C22H25FN2O2. The summed E-state index contributed by atoms with van der Waals surface area (Å²) in [6.45, 7) is 1.98. The van der Waals surface area contributed by atoms with E-state index in [1.165, 1.54) is 12.1 Å². The predicted octanol–water partition coefficient (Wildman–Crippen LogP) is 3.43. The van der Waals surface area contributed by atoms with E-state index in [4.69, 9.17) is 4.74 Å². The minimum Gasteiger partial charge on any atom is -0.497 e. The number of carbonyl (C=O) groups excluding carboxylic acids is 1. The number of benzene rings is 2. The first-order valence-electron chi connectivity index (χ1n) is 9.52. The fourth-order valence-corrected chi connectivity index (χ4v) is 4.25. The third-order valence-electron chi connectivity index (χ3n) is 6.04. The van der Waals surface area contributed by atoms with Gasteiger partial charge in [-0.15, -0.1) is 0 Å². The average molecular weight is 368 g/mol. The van der Waals surface area contributed by atoms with Crippen molar-refractivity contribution < 1.29 is 13.9 Å². The van der Waals surface area contributed by atoms with Crippen molar-refractivity contribution in [1.29, 1.82) is 0 Å². The molecule has 0 radical (unpaired) electrons. The fraction of sp³-hybridized carbons (Fsp3) is 0.409. The van der Waals surface area contributed by atoms with Crippen LogP contribution in [0.4, 0.5) is 4.39 Å². The normalized spacial score (nSPS) is 21.5. The van der Waals surface area contributed by atoms with E-state index in [1.807, 2.05) is 24.3 Å². The van der Waals surface area contributed by atoms with Gasteiger partial charge in [0.05, 0.1) is 13.2 Å². The van der Waals surface area contributed by atoms with Gasteiger partial charge in [-0.3, -0.25) is 4.79 Å². The van der Waals surface area contributed by atoms with E-state index in [1.54, 1.807) is 19.2 Å². The van der Waals surface area contributed by atoms with Crippen LogP contribution in [0.25, 0.3) is 0 Å². The van der Waals surface area contributed by atoms with Crippen molar-refractivity contribution in [3.8, 4) is 5.75 Å². The molecule has 2 aromatic rings. The third kappa shape index (κ3) is 3.69. The lowest BCUT2D eigenvalue weighted by atomic mass is 9.91. The maximum Gasteiger partial charge on any atom is 0.224 e. The Balaban J connectivity index is 1.56. The number of carbonyl (C=O) groups is 1. The van der Waals surface area contributed by atoms with Gasteiger partial charge in [0.1, 0.15) is 11.6 Å². The van der Waals surface area contributed by atoms with Crippen LogP contribution in [0.2, 0.25) is 0 Å². The molecule has 27 heavy (non-hydrogen) atoms. The largest absolute Gasteiger partial charge is 0.497 e. The van der Waals surface area contributed by atoms with Crippen molar-refractivity contribution in [1.82, 2.24) is 10.6 Å². The van der Waals surface area contributed by atoms with E-state index in [0.717, 1.165) is 49.2 Å². The summed E-state index contributed by atoms with van der Waals surface area (Å²) < 4.78 is 18.6. The van der Waals surface area contributed by atoms with Crippen LogP contribution in [0.5, 0.6) is 5.75 Å². The Morgan fingerprint density at radius 2 is 1.70 bits per heavy atom. The second kappa shape index (κ2) is 7.31. The quantitative estimate of drug-likeness (QED) is 0.850. The zero-order valence-corrected chi connectivity index (χ0v) is 15.5. The van der Waals surface area contributed by atoms with E-state index in [0.29, 0.717) is 0 Å². The second-order valence-electron chi connectivity index (χ2n) is 7.64. The van der Waals surface area contributed by atoms with Crippen molar-refractivity contribution in [2.75, 3.05) is 20.2 Å². The highest BCUT2D eigenvalue weighted by molar-refractivity contribution is 5.83. The van der Waals surface area contributed by atoms with Gasteiger partial charge in [-0.05, 0) is 73.2 Å². The van der Waals surface area contributed by atoms with Gasteiger partial charge >= 0.3 is 0 Å². The minimum absolute atomic E-state index is 0.0841. The summed E-state index contributed by atoms with van der Waals surface area (Å²) in [5.41, 5.74) is 2.01. The molecule has 5 heteroatoms. The molecule has 4 rings (SSSR count). The molecule has 2 unspecified atom stereocenters.